The van der Waals surface area contributed by atoms with E-state index in [-0.39, 0.29) is 30.3 Å². The normalized spacial score (nSPS) is 30.4. The zero-order valence-corrected chi connectivity index (χ0v) is 17.4. The zero-order chi connectivity index (χ0) is 22.0. The molecule has 2 heterocycles. The van der Waals surface area contributed by atoms with E-state index in [4.69, 9.17) is 5.73 Å². The predicted molar refractivity (Wildman–Crippen MR) is 111 cm³/mol. The van der Waals surface area contributed by atoms with Gasteiger partial charge in [-0.3, -0.25) is 9.79 Å². The third-order valence-corrected chi connectivity index (χ3v) is 6.77. The molecule has 1 aromatic heterocycles. The molecule has 2 aliphatic carbocycles. The fourth-order valence-electron chi connectivity index (χ4n) is 4.33. The molecule has 1 amide bonds. The molecule has 0 spiro atoms. The van der Waals surface area contributed by atoms with E-state index in [0.717, 1.165) is 12.4 Å². The maximum atomic E-state index is 15.1. The molecule has 4 atom stereocenters. The average molecular weight is 453 g/mol. The number of nitrogens with one attached hydrogen (secondary N) is 1. The third-order valence-electron chi connectivity index (χ3n) is 5.81. The van der Waals surface area contributed by atoms with Gasteiger partial charge in [-0.2, -0.15) is 0 Å². The van der Waals surface area contributed by atoms with E-state index < -0.39 is 30.7 Å². The minimum atomic E-state index is -1.30. The quantitative estimate of drug-likeness (QED) is 0.711. The fraction of sp³-hybridized carbons (Fsp3) is 0.500. The number of nitrogens with two attached hydrogens (primary N) is 1. The summed E-state index contributed by atoms with van der Waals surface area (Å²) < 4.78 is 45.9. The van der Waals surface area contributed by atoms with Crippen LogP contribution in [0.3, 0.4) is 0 Å². The second-order valence-corrected chi connectivity index (χ2v) is 8.70. The summed E-state index contributed by atoms with van der Waals surface area (Å²) in [6.07, 6.45) is 4.25. The van der Waals surface area contributed by atoms with Crippen LogP contribution in [-0.2, 0) is 0 Å². The third kappa shape index (κ3) is 4.41. The van der Waals surface area contributed by atoms with Crippen LogP contribution in [-0.4, -0.2) is 51.5 Å². The van der Waals surface area contributed by atoms with E-state index in [1.807, 2.05) is 0 Å². The molecule has 1 unspecified atom stereocenters. The van der Waals surface area contributed by atoms with Gasteiger partial charge in [0.25, 0.3) is 5.91 Å². The summed E-state index contributed by atoms with van der Waals surface area (Å²) in [6, 6.07) is 0. The van der Waals surface area contributed by atoms with Crippen LogP contribution in [0.2, 0.25) is 0 Å². The number of ether oxygens (including phenoxy) is 1. The number of halogens is 3. The van der Waals surface area contributed by atoms with E-state index in [1.165, 1.54) is 11.8 Å². The Kier molecular flexibility index (Phi) is 6.22. The molecule has 0 aromatic carbocycles. The number of carbonyl (C=O) groups excluding carboxylic acids is 1. The van der Waals surface area contributed by atoms with Crippen molar-refractivity contribution < 1.29 is 22.7 Å². The number of fused-ring (bicyclic) bond motifs is 1. The Hall–Kier alpha value is -2.56. The van der Waals surface area contributed by atoms with Crippen molar-refractivity contribution in [1.82, 2.24) is 15.3 Å². The smallest absolute Gasteiger partial charge is 0.275 e. The summed E-state index contributed by atoms with van der Waals surface area (Å²) in [5.74, 6) is -0.185. The van der Waals surface area contributed by atoms with Crippen LogP contribution < -0.4 is 15.8 Å². The zero-order valence-electron chi connectivity index (χ0n) is 16.6. The van der Waals surface area contributed by atoms with Crippen molar-refractivity contribution in [2.45, 2.75) is 43.6 Å². The lowest BCUT2D eigenvalue weighted by Crippen LogP contribution is -2.51. The Labute approximate surface area is 181 Å². The van der Waals surface area contributed by atoms with Crippen LogP contribution in [0.25, 0.3) is 0 Å². The minimum absolute atomic E-state index is 0.00487. The standard InChI is InChI=1S/C20H22F3N5O2S/c21-10-30-17-8-25-16(7-26-17)18(29)27-13-1-2-15(23)14(6-13)20-4-3-12(22)5-11(20)9-31-19(24)28-20/h1,6-8,11-12,15H,2-5,9-10H2,(H2,24,28)(H,27,29)/t11-,12+,15?,20-/m0/s1. The number of amidine groups is 1. The summed E-state index contributed by atoms with van der Waals surface area (Å²) >= 11 is 1.36. The topological polar surface area (TPSA) is 102 Å². The van der Waals surface area contributed by atoms with Gasteiger partial charge >= 0.3 is 0 Å². The van der Waals surface area contributed by atoms with Crippen molar-refractivity contribution in [1.29, 1.82) is 0 Å². The van der Waals surface area contributed by atoms with Gasteiger partial charge in [0.15, 0.2) is 5.17 Å². The first-order valence-corrected chi connectivity index (χ1v) is 10.9. The lowest BCUT2D eigenvalue weighted by Gasteiger charge is -2.47. The Morgan fingerprint density at radius 2 is 2.19 bits per heavy atom. The number of aromatic nitrogens is 2. The number of alkyl halides is 3. The maximum Gasteiger partial charge on any atom is 0.275 e. The van der Waals surface area contributed by atoms with Gasteiger partial charge in [-0.05, 0) is 30.9 Å². The molecular weight excluding hydrogens is 431 g/mol. The van der Waals surface area contributed by atoms with E-state index in [0.29, 0.717) is 35.0 Å². The molecule has 31 heavy (non-hydrogen) atoms. The number of allylic oxidation sites excluding steroid dienone is 2. The molecule has 1 fully saturated rings. The van der Waals surface area contributed by atoms with Gasteiger partial charge in [0.2, 0.25) is 12.7 Å². The average Bonchev–Trinajstić information content (AvgIpc) is 2.76. The van der Waals surface area contributed by atoms with Gasteiger partial charge in [0.1, 0.15) is 18.0 Å². The molecular formula is C20H22F3N5O2S. The highest BCUT2D eigenvalue weighted by Gasteiger charge is 2.50. The van der Waals surface area contributed by atoms with Crippen LogP contribution in [0, 0.1) is 5.92 Å². The van der Waals surface area contributed by atoms with E-state index in [2.05, 4.69) is 25.0 Å². The highest BCUT2D eigenvalue weighted by Crippen LogP contribution is 2.49. The first-order chi connectivity index (χ1) is 14.9. The summed E-state index contributed by atoms with van der Waals surface area (Å²) in [4.78, 5) is 24.8. The molecule has 11 heteroatoms. The Bertz CT molecular complexity index is 939. The Balaban J connectivity index is 1.57. The maximum absolute atomic E-state index is 15.1. The highest BCUT2D eigenvalue weighted by molar-refractivity contribution is 8.13. The lowest BCUT2D eigenvalue weighted by molar-refractivity contribution is 0.0960. The van der Waals surface area contributed by atoms with E-state index in [9.17, 15) is 13.6 Å². The fourth-order valence-corrected chi connectivity index (χ4v) is 5.34. The first kappa shape index (κ1) is 21.7. The largest absolute Gasteiger partial charge is 0.445 e. The minimum Gasteiger partial charge on any atom is -0.445 e. The van der Waals surface area contributed by atoms with Gasteiger partial charge < -0.3 is 15.8 Å². The van der Waals surface area contributed by atoms with Gasteiger partial charge in [-0.15, -0.1) is 0 Å². The summed E-state index contributed by atoms with van der Waals surface area (Å²) in [6.45, 7) is -1.05. The van der Waals surface area contributed by atoms with Crippen LogP contribution in [0.5, 0.6) is 5.88 Å². The van der Waals surface area contributed by atoms with Crippen molar-refractivity contribution in [3.05, 3.63) is 41.5 Å². The highest BCUT2D eigenvalue weighted by atomic mass is 32.2. The van der Waals surface area contributed by atoms with E-state index in [1.54, 1.807) is 12.2 Å². The summed E-state index contributed by atoms with van der Waals surface area (Å²) in [7, 11) is 0. The molecule has 166 valence electrons. The molecule has 0 saturated heterocycles. The van der Waals surface area contributed by atoms with Crippen molar-refractivity contribution in [3.63, 3.8) is 0 Å². The number of nitrogens with zero attached hydrogens (tertiary/aromatic N) is 3. The summed E-state index contributed by atoms with van der Waals surface area (Å²) in [5.41, 5.74) is 5.90. The summed E-state index contributed by atoms with van der Waals surface area (Å²) in [5, 5.41) is 3.06. The SMILES string of the molecule is NC1=N[C@@]2(C3=CC(NC(=O)c4cnc(OCF)cn4)=CCC3F)CC[C@@H](F)C[C@H]2CS1. The molecule has 1 aromatic rings. The molecule has 3 aliphatic rings. The van der Waals surface area contributed by atoms with Gasteiger partial charge in [0.05, 0.1) is 17.9 Å². The van der Waals surface area contributed by atoms with Crippen molar-refractivity contribution in [2.24, 2.45) is 16.6 Å². The van der Waals surface area contributed by atoms with Crippen LogP contribution in [0.4, 0.5) is 13.2 Å². The Morgan fingerprint density at radius 3 is 2.94 bits per heavy atom. The van der Waals surface area contributed by atoms with E-state index >= 15 is 4.39 Å². The van der Waals surface area contributed by atoms with Gasteiger partial charge in [0, 0.05) is 23.8 Å². The number of thioether (sulfide) groups is 1. The van der Waals surface area contributed by atoms with Crippen molar-refractivity contribution in [2.75, 3.05) is 12.6 Å². The monoisotopic (exact) mass is 453 g/mol. The van der Waals surface area contributed by atoms with Crippen LogP contribution in [0.1, 0.15) is 36.2 Å². The molecule has 3 N–H and O–H groups in total. The van der Waals surface area contributed by atoms with Crippen LogP contribution in [0.15, 0.2) is 40.8 Å². The second kappa shape index (κ2) is 8.89. The van der Waals surface area contributed by atoms with Gasteiger partial charge in [-0.25, -0.2) is 23.1 Å². The molecule has 0 radical (unpaired) electrons. The first-order valence-electron chi connectivity index (χ1n) is 9.92. The van der Waals surface area contributed by atoms with Crippen molar-refractivity contribution in [3.8, 4) is 5.88 Å². The number of carbonyl (C=O) groups is 1. The number of hydrogen-bond acceptors (Lipinski definition) is 7. The number of aliphatic imine (C=N–C) groups is 1. The van der Waals surface area contributed by atoms with Gasteiger partial charge in [-0.1, -0.05) is 17.8 Å². The van der Waals surface area contributed by atoms with Crippen molar-refractivity contribution >= 4 is 22.8 Å². The predicted octanol–water partition coefficient (Wildman–Crippen LogP) is 3.00. The molecule has 4 rings (SSSR count). The Morgan fingerprint density at radius 1 is 1.35 bits per heavy atom. The molecule has 0 bridgehead atoms. The molecule has 1 aliphatic heterocycles. The lowest BCUT2D eigenvalue weighted by atomic mass is 9.66. The number of hydrogen-bond donors (Lipinski definition) is 2. The van der Waals surface area contributed by atoms with Crippen LogP contribution >= 0.6 is 11.8 Å². The second-order valence-electron chi connectivity index (χ2n) is 7.66. The number of rotatable bonds is 5. The molecule has 7 nitrogen and oxygen atoms in total. The molecule has 1 saturated carbocycles. The number of amides is 1.